The van der Waals surface area contributed by atoms with Crippen LogP contribution >= 0.6 is 45.2 Å². The van der Waals surface area contributed by atoms with Gasteiger partial charge in [0.2, 0.25) is 6.29 Å². The van der Waals surface area contributed by atoms with E-state index in [1.165, 1.54) is 12.7 Å². The highest BCUT2D eigenvalue weighted by atomic mass is 127. The summed E-state index contributed by atoms with van der Waals surface area (Å²) in [6.07, 6.45) is -0.0910. The van der Waals surface area contributed by atoms with E-state index in [0.717, 1.165) is 18.7 Å². The molecule has 2 unspecified atom stereocenters. The van der Waals surface area contributed by atoms with Gasteiger partial charge in [0.15, 0.2) is 0 Å². The molecule has 1 aliphatic heterocycles. The summed E-state index contributed by atoms with van der Waals surface area (Å²) in [6.45, 7) is 8.01. The van der Waals surface area contributed by atoms with Gasteiger partial charge in [-0.3, -0.25) is 4.84 Å². The van der Waals surface area contributed by atoms with E-state index in [-0.39, 0.29) is 12.4 Å². The highest BCUT2D eigenvalue weighted by molar-refractivity contribution is 14.1. The van der Waals surface area contributed by atoms with Crippen LogP contribution in [-0.2, 0) is 9.57 Å². The second-order valence-electron chi connectivity index (χ2n) is 4.49. The molecule has 0 amide bonds. The quantitative estimate of drug-likeness (QED) is 0.610. The molecule has 0 N–H and O–H groups in total. The van der Waals surface area contributed by atoms with E-state index >= 15 is 0 Å². The minimum Gasteiger partial charge on any atom is -0.342 e. The molecule has 0 aliphatic carbocycles. The van der Waals surface area contributed by atoms with Crippen LogP contribution in [0.3, 0.4) is 0 Å². The van der Waals surface area contributed by atoms with E-state index in [1.807, 2.05) is 5.06 Å². The second-order valence-corrected chi connectivity index (χ2v) is 6.81. The van der Waals surface area contributed by atoms with Gasteiger partial charge in [-0.25, -0.2) is 0 Å². The summed E-state index contributed by atoms with van der Waals surface area (Å²) in [5, 5.41) is 1.98. The van der Waals surface area contributed by atoms with E-state index in [9.17, 15) is 0 Å². The first-order chi connectivity index (χ1) is 8.51. The molecule has 2 rings (SSSR count). The lowest BCUT2D eigenvalue weighted by atomic mass is 10.1. The summed E-state index contributed by atoms with van der Waals surface area (Å²) in [7, 11) is 0. The van der Waals surface area contributed by atoms with Gasteiger partial charge in [-0.05, 0) is 76.7 Å². The van der Waals surface area contributed by atoms with Gasteiger partial charge >= 0.3 is 0 Å². The molecule has 0 saturated carbocycles. The van der Waals surface area contributed by atoms with E-state index in [2.05, 4.69) is 78.1 Å². The van der Waals surface area contributed by atoms with Crippen LogP contribution in [0.4, 0.5) is 0 Å². The molecular formula is C13H17I2NO2. The maximum Gasteiger partial charge on any atom is 0.204 e. The smallest absolute Gasteiger partial charge is 0.204 e. The Morgan fingerprint density at radius 3 is 2.78 bits per heavy atom. The van der Waals surface area contributed by atoms with Crippen molar-refractivity contribution >= 4 is 45.2 Å². The fourth-order valence-electron chi connectivity index (χ4n) is 2.00. The molecule has 0 aromatic heterocycles. The first-order valence-electron chi connectivity index (χ1n) is 6.04. The van der Waals surface area contributed by atoms with E-state index < -0.39 is 0 Å². The predicted molar refractivity (Wildman–Crippen MR) is 88.2 cm³/mol. The van der Waals surface area contributed by atoms with Gasteiger partial charge in [-0.15, -0.1) is 0 Å². The Labute approximate surface area is 135 Å². The van der Waals surface area contributed by atoms with Crippen LogP contribution in [0.5, 0.6) is 0 Å². The number of hydroxylamine groups is 2. The number of ether oxygens (including phenoxy) is 1. The van der Waals surface area contributed by atoms with Gasteiger partial charge in [0.25, 0.3) is 0 Å². The summed E-state index contributed by atoms with van der Waals surface area (Å²) in [4.78, 5) is 5.89. The molecule has 1 aromatic rings. The SMILES string of the molecule is CCN1CC(C)OC(c2cc(I)cc(C)c2I)O1. The van der Waals surface area contributed by atoms with Crippen LogP contribution in [-0.4, -0.2) is 24.3 Å². The number of likely N-dealkylation sites (N-methyl/N-ethyl adjacent to an activating group) is 1. The van der Waals surface area contributed by atoms with Crippen LogP contribution in [0, 0.1) is 14.1 Å². The maximum absolute atomic E-state index is 5.92. The molecule has 1 saturated heterocycles. The van der Waals surface area contributed by atoms with Crippen LogP contribution < -0.4 is 0 Å². The van der Waals surface area contributed by atoms with Crippen molar-refractivity contribution in [1.29, 1.82) is 0 Å². The van der Waals surface area contributed by atoms with E-state index in [0.29, 0.717) is 0 Å². The number of halogens is 2. The summed E-state index contributed by atoms with van der Waals surface area (Å²) in [5.41, 5.74) is 2.40. The highest BCUT2D eigenvalue weighted by Gasteiger charge is 2.28. The number of benzene rings is 1. The predicted octanol–water partition coefficient (Wildman–Crippen LogP) is 3.88. The Morgan fingerprint density at radius 1 is 1.39 bits per heavy atom. The minimum absolute atomic E-state index is 0.192. The lowest BCUT2D eigenvalue weighted by Crippen LogP contribution is -2.41. The number of hydrogen-bond donors (Lipinski definition) is 0. The molecule has 0 spiro atoms. The third-order valence-corrected chi connectivity index (χ3v) is 5.01. The fourth-order valence-corrected chi connectivity index (χ4v) is 3.37. The fraction of sp³-hybridized carbons (Fsp3) is 0.538. The van der Waals surface area contributed by atoms with Crippen molar-refractivity contribution in [2.24, 2.45) is 0 Å². The largest absolute Gasteiger partial charge is 0.342 e. The molecule has 2 atom stereocenters. The normalized spacial score (nSPS) is 25.4. The monoisotopic (exact) mass is 473 g/mol. The summed E-state index contributed by atoms with van der Waals surface area (Å²) in [6, 6.07) is 4.32. The second kappa shape index (κ2) is 6.34. The molecular weight excluding hydrogens is 456 g/mol. The van der Waals surface area contributed by atoms with Crippen LogP contribution in [0.15, 0.2) is 12.1 Å². The topological polar surface area (TPSA) is 21.7 Å². The number of nitrogens with zero attached hydrogens (tertiary/aromatic N) is 1. The Morgan fingerprint density at radius 2 is 2.11 bits per heavy atom. The van der Waals surface area contributed by atoms with E-state index in [4.69, 9.17) is 9.57 Å². The Kier molecular flexibility index (Phi) is 5.27. The summed E-state index contributed by atoms with van der Waals surface area (Å²) >= 11 is 4.70. The van der Waals surface area contributed by atoms with Crippen molar-refractivity contribution in [2.45, 2.75) is 33.2 Å². The van der Waals surface area contributed by atoms with E-state index in [1.54, 1.807) is 0 Å². The van der Waals surface area contributed by atoms with Gasteiger partial charge < -0.3 is 4.74 Å². The molecule has 1 heterocycles. The van der Waals surface area contributed by atoms with Crippen LogP contribution in [0.2, 0.25) is 0 Å². The standard InChI is InChI=1S/C13H17I2NO2/c1-4-16-7-9(3)17-13(18-16)11-6-10(14)5-8(2)12(11)15/h5-6,9,13H,4,7H2,1-3H3. The number of hydrogen-bond acceptors (Lipinski definition) is 3. The van der Waals surface area contributed by atoms with Crippen LogP contribution in [0.1, 0.15) is 31.3 Å². The zero-order chi connectivity index (χ0) is 13.3. The molecule has 0 bridgehead atoms. The zero-order valence-electron chi connectivity index (χ0n) is 10.7. The average Bonchev–Trinajstić information content (AvgIpc) is 2.32. The van der Waals surface area contributed by atoms with Crippen molar-refractivity contribution in [1.82, 2.24) is 5.06 Å². The van der Waals surface area contributed by atoms with Crippen molar-refractivity contribution < 1.29 is 9.57 Å². The number of aryl methyl sites for hydroxylation is 1. The Bertz CT molecular complexity index is 439. The third-order valence-electron chi connectivity index (χ3n) is 2.92. The third kappa shape index (κ3) is 3.36. The zero-order valence-corrected chi connectivity index (χ0v) is 15.1. The van der Waals surface area contributed by atoms with Gasteiger partial charge in [0.05, 0.1) is 12.6 Å². The summed E-state index contributed by atoms with van der Waals surface area (Å²) < 4.78 is 8.37. The van der Waals surface area contributed by atoms with Crippen molar-refractivity contribution in [3.8, 4) is 0 Å². The van der Waals surface area contributed by atoms with Gasteiger partial charge in [-0.1, -0.05) is 6.92 Å². The molecule has 0 radical (unpaired) electrons. The molecule has 1 fully saturated rings. The van der Waals surface area contributed by atoms with Gasteiger partial charge in [0, 0.05) is 19.2 Å². The molecule has 100 valence electrons. The Hall–Kier alpha value is 0.560. The number of rotatable bonds is 2. The van der Waals surface area contributed by atoms with Crippen molar-refractivity contribution in [3.05, 3.63) is 30.4 Å². The molecule has 3 nitrogen and oxygen atoms in total. The molecule has 1 aliphatic rings. The average molecular weight is 473 g/mol. The molecule has 5 heteroatoms. The molecule has 1 aromatic carbocycles. The first kappa shape index (κ1) is 15.0. The van der Waals surface area contributed by atoms with Crippen LogP contribution in [0.25, 0.3) is 0 Å². The minimum atomic E-state index is -0.283. The lowest BCUT2D eigenvalue weighted by molar-refractivity contribution is -0.342. The first-order valence-corrected chi connectivity index (χ1v) is 8.19. The van der Waals surface area contributed by atoms with Crippen molar-refractivity contribution in [3.63, 3.8) is 0 Å². The molecule has 18 heavy (non-hydrogen) atoms. The van der Waals surface area contributed by atoms with Crippen molar-refractivity contribution in [2.75, 3.05) is 13.1 Å². The maximum atomic E-state index is 5.92. The highest BCUT2D eigenvalue weighted by Crippen LogP contribution is 2.32. The summed E-state index contributed by atoms with van der Waals surface area (Å²) in [5.74, 6) is 0. The van der Waals surface area contributed by atoms with Gasteiger partial charge in [0.1, 0.15) is 0 Å². The Balaban J connectivity index is 2.30. The van der Waals surface area contributed by atoms with Gasteiger partial charge in [-0.2, -0.15) is 5.06 Å². The lowest BCUT2D eigenvalue weighted by Gasteiger charge is -2.36.